The van der Waals surface area contributed by atoms with Gasteiger partial charge >= 0.3 is 5.97 Å². The second kappa shape index (κ2) is 10.4. The summed E-state index contributed by atoms with van der Waals surface area (Å²) >= 11 is 0. The van der Waals surface area contributed by atoms with Crippen molar-refractivity contribution in [3.63, 3.8) is 0 Å². The highest BCUT2D eigenvalue weighted by molar-refractivity contribution is 5.95. The second-order valence-corrected chi connectivity index (χ2v) is 9.82. The van der Waals surface area contributed by atoms with Crippen LogP contribution < -0.4 is 0 Å². The van der Waals surface area contributed by atoms with Crippen molar-refractivity contribution in [3.05, 3.63) is 149 Å². The Labute approximate surface area is 227 Å². The van der Waals surface area contributed by atoms with E-state index in [0.29, 0.717) is 17.9 Å². The molecule has 0 fully saturated rings. The number of benzene rings is 5. The first kappa shape index (κ1) is 24.4. The van der Waals surface area contributed by atoms with Crippen molar-refractivity contribution in [3.8, 4) is 0 Å². The number of hydrogen-bond donors (Lipinski definition) is 0. The molecule has 0 saturated heterocycles. The van der Waals surface area contributed by atoms with Crippen LogP contribution in [-0.2, 0) is 11.3 Å². The normalized spacial score (nSPS) is 11.7. The van der Waals surface area contributed by atoms with E-state index in [9.17, 15) is 4.79 Å². The SMILES string of the molecule is Cc1cccc(C(=O)O/C(=C/c2nc3ccccc3n2Cc2cccc3ccccc23)c2cccc(C)c2)c1. The van der Waals surface area contributed by atoms with Gasteiger partial charge in [0.2, 0.25) is 0 Å². The van der Waals surface area contributed by atoms with Crippen LogP contribution in [0, 0.1) is 13.8 Å². The molecule has 6 rings (SSSR count). The number of carbonyl (C=O) groups excluding carboxylic acids is 1. The van der Waals surface area contributed by atoms with Crippen molar-refractivity contribution in [1.82, 2.24) is 9.55 Å². The van der Waals surface area contributed by atoms with Crippen molar-refractivity contribution >= 4 is 39.6 Å². The van der Waals surface area contributed by atoms with E-state index in [1.807, 2.05) is 80.6 Å². The number of fused-ring (bicyclic) bond motifs is 2. The molecule has 0 radical (unpaired) electrons. The van der Waals surface area contributed by atoms with Crippen molar-refractivity contribution < 1.29 is 9.53 Å². The average molecular weight is 509 g/mol. The molecule has 0 aliphatic rings. The fourth-order valence-electron chi connectivity index (χ4n) is 4.99. The van der Waals surface area contributed by atoms with Crippen LogP contribution in [0.25, 0.3) is 33.6 Å². The smallest absolute Gasteiger partial charge is 0.343 e. The summed E-state index contributed by atoms with van der Waals surface area (Å²) < 4.78 is 8.26. The van der Waals surface area contributed by atoms with Crippen LogP contribution in [0.15, 0.2) is 115 Å². The van der Waals surface area contributed by atoms with Gasteiger partial charge in [-0.25, -0.2) is 9.78 Å². The summed E-state index contributed by atoms with van der Waals surface area (Å²) in [7, 11) is 0. The summed E-state index contributed by atoms with van der Waals surface area (Å²) in [6.45, 7) is 4.61. The molecule has 0 spiro atoms. The van der Waals surface area contributed by atoms with E-state index in [2.05, 4.69) is 53.1 Å². The molecule has 4 heteroatoms. The van der Waals surface area contributed by atoms with Gasteiger partial charge in [-0.05, 0) is 60.5 Å². The molecule has 0 saturated carbocycles. The number of hydrogen-bond acceptors (Lipinski definition) is 3. The van der Waals surface area contributed by atoms with Gasteiger partial charge in [-0.3, -0.25) is 0 Å². The fourth-order valence-corrected chi connectivity index (χ4v) is 4.99. The minimum absolute atomic E-state index is 0.400. The molecule has 0 aliphatic heterocycles. The van der Waals surface area contributed by atoms with Crippen LogP contribution in [0.1, 0.15) is 38.4 Å². The third kappa shape index (κ3) is 5.10. The first-order valence-corrected chi connectivity index (χ1v) is 13.0. The summed E-state index contributed by atoms with van der Waals surface area (Å²) in [6.07, 6.45) is 1.88. The second-order valence-electron chi connectivity index (χ2n) is 9.82. The molecular weight excluding hydrogens is 480 g/mol. The lowest BCUT2D eigenvalue weighted by Crippen LogP contribution is -2.07. The maximum Gasteiger partial charge on any atom is 0.343 e. The maximum absolute atomic E-state index is 13.3. The minimum Gasteiger partial charge on any atom is -0.422 e. The Morgan fingerprint density at radius 3 is 2.26 bits per heavy atom. The van der Waals surface area contributed by atoms with Gasteiger partial charge in [-0.2, -0.15) is 0 Å². The number of ether oxygens (including phenoxy) is 1. The average Bonchev–Trinajstić information content (AvgIpc) is 3.29. The van der Waals surface area contributed by atoms with Crippen LogP contribution >= 0.6 is 0 Å². The van der Waals surface area contributed by atoms with Gasteiger partial charge < -0.3 is 9.30 Å². The highest BCUT2D eigenvalue weighted by Gasteiger charge is 2.17. The lowest BCUT2D eigenvalue weighted by Gasteiger charge is -2.13. The first-order chi connectivity index (χ1) is 19.0. The fraction of sp³-hybridized carbons (Fsp3) is 0.0857. The third-order valence-electron chi connectivity index (χ3n) is 6.91. The van der Waals surface area contributed by atoms with Crippen molar-refractivity contribution in [2.75, 3.05) is 0 Å². The van der Waals surface area contributed by atoms with Gasteiger partial charge in [0.05, 0.1) is 23.1 Å². The zero-order valence-electron chi connectivity index (χ0n) is 22.0. The van der Waals surface area contributed by atoms with Crippen LogP contribution in [0.5, 0.6) is 0 Å². The van der Waals surface area contributed by atoms with Crippen molar-refractivity contribution in [2.45, 2.75) is 20.4 Å². The van der Waals surface area contributed by atoms with E-state index in [1.54, 1.807) is 6.07 Å². The monoisotopic (exact) mass is 508 g/mol. The van der Waals surface area contributed by atoms with Gasteiger partial charge in [0.1, 0.15) is 11.6 Å². The van der Waals surface area contributed by atoms with E-state index < -0.39 is 5.97 Å². The van der Waals surface area contributed by atoms with E-state index in [-0.39, 0.29) is 0 Å². The number of carbonyl (C=O) groups is 1. The predicted molar refractivity (Wildman–Crippen MR) is 158 cm³/mol. The van der Waals surface area contributed by atoms with Crippen molar-refractivity contribution in [1.29, 1.82) is 0 Å². The lowest BCUT2D eigenvalue weighted by atomic mass is 10.0. The molecule has 1 heterocycles. The molecular formula is C35H28N2O2. The molecule has 0 amide bonds. The van der Waals surface area contributed by atoms with Gasteiger partial charge in [0.15, 0.2) is 0 Å². The molecule has 5 aromatic carbocycles. The van der Waals surface area contributed by atoms with E-state index in [1.165, 1.54) is 16.3 Å². The highest BCUT2D eigenvalue weighted by atomic mass is 16.5. The number of para-hydroxylation sites is 2. The van der Waals surface area contributed by atoms with Crippen LogP contribution in [-0.4, -0.2) is 15.5 Å². The van der Waals surface area contributed by atoms with Gasteiger partial charge in [0.25, 0.3) is 0 Å². The van der Waals surface area contributed by atoms with Gasteiger partial charge in [-0.1, -0.05) is 96.1 Å². The highest BCUT2D eigenvalue weighted by Crippen LogP contribution is 2.27. The summed E-state index contributed by atoms with van der Waals surface area (Å²) in [5.41, 5.74) is 6.51. The Morgan fingerprint density at radius 2 is 1.44 bits per heavy atom. The maximum atomic E-state index is 13.3. The van der Waals surface area contributed by atoms with E-state index >= 15 is 0 Å². The Kier molecular flexibility index (Phi) is 6.52. The predicted octanol–water partition coefficient (Wildman–Crippen LogP) is 8.21. The number of rotatable bonds is 6. The topological polar surface area (TPSA) is 44.1 Å². The summed E-state index contributed by atoms with van der Waals surface area (Å²) in [5.74, 6) is 0.778. The van der Waals surface area contributed by atoms with Crippen LogP contribution in [0.4, 0.5) is 0 Å². The Balaban J connectivity index is 1.49. The molecule has 0 N–H and O–H groups in total. The standard InChI is InChI=1S/C35H28N2O2/c1-24-10-7-14-27(20-24)33(39-35(38)28-15-8-11-25(2)21-28)22-34-36-31-18-5-6-19-32(31)37(34)23-29-16-9-13-26-12-3-4-17-30(26)29/h3-22H,23H2,1-2H3/b33-22+. The largest absolute Gasteiger partial charge is 0.422 e. The zero-order chi connectivity index (χ0) is 26.8. The van der Waals surface area contributed by atoms with Crippen LogP contribution in [0.3, 0.4) is 0 Å². The van der Waals surface area contributed by atoms with Gasteiger partial charge in [-0.15, -0.1) is 0 Å². The summed E-state index contributed by atoms with van der Waals surface area (Å²) in [6, 6.07) is 38.3. The molecule has 1 aromatic heterocycles. The Bertz CT molecular complexity index is 1860. The van der Waals surface area contributed by atoms with Crippen LogP contribution in [0.2, 0.25) is 0 Å². The molecule has 6 aromatic rings. The molecule has 4 nitrogen and oxygen atoms in total. The molecule has 190 valence electrons. The number of aromatic nitrogens is 2. The van der Waals surface area contributed by atoms with E-state index in [4.69, 9.17) is 9.72 Å². The van der Waals surface area contributed by atoms with Gasteiger partial charge in [0, 0.05) is 11.6 Å². The van der Waals surface area contributed by atoms with Crippen molar-refractivity contribution in [2.24, 2.45) is 0 Å². The number of nitrogens with zero attached hydrogens (tertiary/aromatic N) is 2. The molecule has 0 unspecified atom stereocenters. The quantitative estimate of drug-likeness (QED) is 0.168. The Hall–Kier alpha value is -4.96. The summed E-state index contributed by atoms with van der Waals surface area (Å²) in [5, 5.41) is 2.40. The Morgan fingerprint density at radius 1 is 0.769 bits per heavy atom. The molecule has 0 bridgehead atoms. The molecule has 0 aliphatic carbocycles. The third-order valence-corrected chi connectivity index (χ3v) is 6.91. The summed E-state index contributed by atoms with van der Waals surface area (Å²) in [4.78, 5) is 18.2. The number of imidazole rings is 1. The first-order valence-electron chi connectivity index (χ1n) is 13.0. The zero-order valence-corrected chi connectivity index (χ0v) is 22.0. The van der Waals surface area contributed by atoms with E-state index in [0.717, 1.165) is 33.5 Å². The molecule has 0 atom stereocenters. The number of aryl methyl sites for hydroxylation is 2. The minimum atomic E-state index is -0.400. The molecule has 39 heavy (non-hydrogen) atoms. The number of esters is 1. The lowest BCUT2D eigenvalue weighted by molar-refractivity contribution is 0.0693.